The summed E-state index contributed by atoms with van der Waals surface area (Å²) in [6.45, 7) is 6.92. The standard InChI is InChI=1S/C12H21N3O/c1-9-4-11(6-12(2,3)5-9)15-7-10(8-16)13-14-15/h7,9,11,16H,4-6,8H2,1-3H3/t9-,11-/m1/s1. The Morgan fingerprint density at radius 3 is 2.81 bits per heavy atom. The number of aromatic nitrogens is 3. The van der Waals surface area contributed by atoms with Crippen molar-refractivity contribution >= 4 is 0 Å². The quantitative estimate of drug-likeness (QED) is 0.836. The van der Waals surface area contributed by atoms with Gasteiger partial charge in [-0.05, 0) is 30.6 Å². The lowest BCUT2D eigenvalue weighted by Gasteiger charge is -2.38. The Hall–Kier alpha value is -0.900. The molecule has 1 aliphatic carbocycles. The van der Waals surface area contributed by atoms with E-state index in [0.717, 1.165) is 18.8 Å². The fraction of sp³-hybridized carbons (Fsp3) is 0.833. The highest BCUT2D eigenvalue weighted by atomic mass is 16.3. The first-order valence-electron chi connectivity index (χ1n) is 6.02. The molecule has 1 heterocycles. The van der Waals surface area contributed by atoms with E-state index >= 15 is 0 Å². The van der Waals surface area contributed by atoms with Gasteiger partial charge in [0.2, 0.25) is 0 Å². The van der Waals surface area contributed by atoms with Gasteiger partial charge in [-0.15, -0.1) is 5.10 Å². The molecule has 1 aromatic rings. The first kappa shape index (κ1) is 11.6. The molecule has 4 heteroatoms. The Morgan fingerprint density at radius 2 is 2.25 bits per heavy atom. The van der Waals surface area contributed by atoms with E-state index in [1.165, 1.54) is 6.42 Å². The Morgan fingerprint density at radius 1 is 1.50 bits per heavy atom. The Balaban J connectivity index is 2.14. The van der Waals surface area contributed by atoms with E-state index < -0.39 is 0 Å². The van der Waals surface area contributed by atoms with Gasteiger partial charge >= 0.3 is 0 Å². The number of aliphatic hydroxyl groups is 1. The Bertz CT molecular complexity index is 359. The van der Waals surface area contributed by atoms with Crippen LogP contribution in [0.1, 0.15) is 51.8 Å². The van der Waals surface area contributed by atoms with E-state index in [0.29, 0.717) is 17.2 Å². The first-order valence-corrected chi connectivity index (χ1v) is 6.02. The highest BCUT2D eigenvalue weighted by Gasteiger charge is 2.33. The third kappa shape index (κ3) is 2.43. The molecule has 16 heavy (non-hydrogen) atoms. The van der Waals surface area contributed by atoms with Crippen LogP contribution in [0.2, 0.25) is 0 Å². The van der Waals surface area contributed by atoms with Crippen LogP contribution in [0.4, 0.5) is 0 Å². The van der Waals surface area contributed by atoms with E-state index in [4.69, 9.17) is 5.11 Å². The van der Waals surface area contributed by atoms with E-state index in [1.54, 1.807) is 0 Å². The average Bonchev–Trinajstić information content (AvgIpc) is 2.62. The van der Waals surface area contributed by atoms with Crippen molar-refractivity contribution in [3.05, 3.63) is 11.9 Å². The van der Waals surface area contributed by atoms with Crippen molar-refractivity contribution in [2.75, 3.05) is 0 Å². The zero-order valence-corrected chi connectivity index (χ0v) is 10.3. The van der Waals surface area contributed by atoms with Crippen LogP contribution in [0.25, 0.3) is 0 Å². The fourth-order valence-electron chi connectivity index (χ4n) is 3.06. The van der Waals surface area contributed by atoms with Crippen molar-refractivity contribution in [3.8, 4) is 0 Å². The summed E-state index contributed by atoms with van der Waals surface area (Å²) in [5.41, 5.74) is 1.05. The molecular weight excluding hydrogens is 202 g/mol. The van der Waals surface area contributed by atoms with Gasteiger partial charge in [-0.3, -0.25) is 0 Å². The second-order valence-corrected chi connectivity index (χ2v) is 5.92. The molecule has 2 rings (SSSR count). The number of hydrogen-bond acceptors (Lipinski definition) is 3. The average molecular weight is 223 g/mol. The van der Waals surface area contributed by atoms with Crippen molar-refractivity contribution < 1.29 is 5.11 Å². The Kier molecular flexibility index (Phi) is 3.02. The van der Waals surface area contributed by atoms with Gasteiger partial charge in [-0.2, -0.15) is 0 Å². The predicted octanol–water partition coefficient (Wildman–Crippen LogP) is 2.16. The molecule has 0 amide bonds. The third-order valence-electron chi connectivity index (χ3n) is 3.46. The molecule has 0 saturated heterocycles. The zero-order chi connectivity index (χ0) is 11.8. The van der Waals surface area contributed by atoms with Gasteiger partial charge in [0.15, 0.2) is 0 Å². The lowest BCUT2D eigenvalue weighted by atomic mass is 9.71. The molecule has 0 bridgehead atoms. The van der Waals surface area contributed by atoms with Gasteiger partial charge in [0, 0.05) is 0 Å². The summed E-state index contributed by atoms with van der Waals surface area (Å²) in [6, 6.07) is 0.437. The van der Waals surface area contributed by atoms with E-state index in [-0.39, 0.29) is 6.61 Å². The molecular formula is C12H21N3O. The molecule has 90 valence electrons. The van der Waals surface area contributed by atoms with Crippen LogP contribution in [0.15, 0.2) is 6.20 Å². The zero-order valence-electron chi connectivity index (χ0n) is 10.3. The molecule has 0 unspecified atom stereocenters. The molecule has 1 aliphatic rings. The third-order valence-corrected chi connectivity index (χ3v) is 3.46. The smallest absolute Gasteiger partial charge is 0.108 e. The topological polar surface area (TPSA) is 50.9 Å². The summed E-state index contributed by atoms with van der Waals surface area (Å²) in [7, 11) is 0. The molecule has 0 aliphatic heterocycles. The van der Waals surface area contributed by atoms with Gasteiger partial charge in [-0.1, -0.05) is 26.0 Å². The molecule has 1 N–H and O–H groups in total. The normalized spacial score (nSPS) is 29.2. The molecule has 1 aromatic heterocycles. The van der Waals surface area contributed by atoms with Crippen molar-refractivity contribution in [2.24, 2.45) is 11.3 Å². The van der Waals surface area contributed by atoms with Crippen molar-refractivity contribution in [1.29, 1.82) is 0 Å². The van der Waals surface area contributed by atoms with Gasteiger partial charge < -0.3 is 5.11 Å². The summed E-state index contributed by atoms with van der Waals surface area (Å²) in [5.74, 6) is 0.732. The predicted molar refractivity (Wildman–Crippen MR) is 61.8 cm³/mol. The maximum absolute atomic E-state index is 8.99. The SMILES string of the molecule is C[C@@H]1C[C@@H](n2cc(CO)nn2)CC(C)(C)C1. The largest absolute Gasteiger partial charge is 0.390 e. The summed E-state index contributed by atoms with van der Waals surface area (Å²) in [4.78, 5) is 0. The van der Waals surface area contributed by atoms with Crippen LogP contribution in [-0.4, -0.2) is 20.1 Å². The van der Waals surface area contributed by atoms with Crippen LogP contribution in [0.5, 0.6) is 0 Å². The lowest BCUT2D eigenvalue weighted by molar-refractivity contribution is 0.129. The molecule has 0 aromatic carbocycles. The van der Waals surface area contributed by atoms with E-state index in [1.807, 2.05) is 10.9 Å². The molecule has 2 atom stereocenters. The Labute approximate surface area is 96.7 Å². The second kappa shape index (κ2) is 4.17. The van der Waals surface area contributed by atoms with Crippen molar-refractivity contribution in [1.82, 2.24) is 15.0 Å². The lowest BCUT2D eigenvalue weighted by Crippen LogP contribution is -2.29. The number of hydrogen-bond donors (Lipinski definition) is 1. The van der Waals surface area contributed by atoms with Gasteiger partial charge in [0.25, 0.3) is 0 Å². The molecule has 1 fully saturated rings. The molecule has 0 spiro atoms. The number of nitrogens with zero attached hydrogens (tertiary/aromatic N) is 3. The van der Waals surface area contributed by atoms with E-state index in [9.17, 15) is 0 Å². The van der Waals surface area contributed by atoms with Crippen molar-refractivity contribution in [2.45, 2.75) is 52.7 Å². The van der Waals surface area contributed by atoms with Crippen LogP contribution in [0, 0.1) is 11.3 Å². The summed E-state index contributed by atoms with van der Waals surface area (Å²) >= 11 is 0. The van der Waals surface area contributed by atoms with Gasteiger partial charge in [-0.25, -0.2) is 4.68 Å². The molecule has 4 nitrogen and oxygen atoms in total. The first-order chi connectivity index (χ1) is 7.50. The highest BCUT2D eigenvalue weighted by Crippen LogP contribution is 2.43. The van der Waals surface area contributed by atoms with Crippen LogP contribution in [0.3, 0.4) is 0 Å². The second-order valence-electron chi connectivity index (χ2n) is 5.92. The highest BCUT2D eigenvalue weighted by molar-refractivity contribution is 4.93. The molecule has 0 radical (unpaired) electrons. The maximum atomic E-state index is 8.99. The van der Waals surface area contributed by atoms with Crippen LogP contribution < -0.4 is 0 Å². The number of rotatable bonds is 2. The minimum atomic E-state index is -0.0222. The van der Waals surface area contributed by atoms with Crippen molar-refractivity contribution in [3.63, 3.8) is 0 Å². The fourth-order valence-corrected chi connectivity index (χ4v) is 3.06. The summed E-state index contributed by atoms with van der Waals surface area (Å²) in [5, 5.41) is 17.1. The van der Waals surface area contributed by atoms with E-state index in [2.05, 4.69) is 31.1 Å². The maximum Gasteiger partial charge on any atom is 0.108 e. The monoisotopic (exact) mass is 223 g/mol. The summed E-state index contributed by atoms with van der Waals surface area (Å²) < 4.78 is 1.93. The minimum absolute atomic E-state index is 0.0222. The van der Waals surface area contributed by atoms with Crippen LogP contribution >= 0.6 is 0 Å². The minimum Gasteiger partial charge on any atom is -0.390 e. The summed E-state index contributed by atoms with van der Waals surface area (Å²) in [6.07, 6.45) is 5.47. The number of aliphatic hydroxyl groups excluding tert-OH is 1. The molecule has 1 saturated carbocycles. The van der Waals surface area contributed by atoms with Gasteiger partial charge in [0.05, 0.1) is 18.8 Å². The van der Waals surface area contributed by atoms with Crippen LogP contribution in [-0.2, 0) is 6.61 Å². The van der Waals surface area contributed by atoms with Gasteiger partial charge in [0.1, 0.15) is 5.69 Å².